The zero-order valence-electron chi connectivity index (χ0n) is 15.7. The number of methoxy groups -OCH3 is 1. The number of fused-ring (bicyclic) bond motifs is 1. The maximum absolute atomic E-state index is 6.48. The van der Waals surface area contributed by atoms with Crippen molar-refractivity contribution in [3.63, 3.8) is 0 Å². The largest absolute Gasteiger partial charge is 0.493 e. The van der Waals surface area contributed by atoms with Crippen LogP contribution in [-0.2, 0) is 13.2 Å². The van der Waals surface area contributed by atoms with E-state index < -0.39 is 0 Å². The number of halogens is 2. The molecule has 1 N–H and O–H groups in total. The fraction of sp³-hybridized carbons (Fsp3) is 0.182. The fourth-order valence-corrected chi connectivity index (χ4v) is 3.47. The lowest BCUT2D eigenvalue weighted by molar-refractivity contribution is 0.174. The second-order valence-corrected chi connectivity index (χ2v) is 7.23. The summed E-state index contributed by atoms with van der Waals surface area (Å²) in [6, 6.07) is 17.0. The van der Waals surface area contributed by atoms with Gasteiger partial charge < -0.3 is 24.3 Å². The molecule has 4 rings (SSSR count). The van der Waals surface area contributed by atoms with Crippen LogP contribution >= 0.6 is 23.2 Å². The Hall–Kier alpha value is -2.76. The van der Waals surface area contributed by atoms with E-state index in [9.17, 15) is 0 Å². The van der Waals surface area contributed by atoms with E-state index in [0.29, 0.717) is 34.7 Å². The lowest BCUT2D eigenvalue weighted by atomic mass is 10.2. The first kappa shape index (κ1) is 19.6. The zero-order valence-corrected chi connectivity index (χ0v) is 17.2. The van der Waals surface area contributed by atoms with E-state index in [0.717, 1.165) is 28.3 Å². The molecule has 7 heteroatoms. The number of hydrogen-bond acceptors (Lipinski definition) is 5. The van der Waals surface area contributed by atoms with Gasteiger partial charge in [-0.15, -0.1) is 0 Å². The van der Waals surface area contributed by atoms with E-state index in [1.807, 2.05) is 54.6 Å². The second-order valence-electron chi connectivity index (χ2n) is 6.41. The highest BCUT2D eigenvalue weighted by Gasteiger charge is 2.15. The Bertz CT molecular complexity index is 1030. The summed E-state index contributed by atoms with van der Waals surface area (Å²) in [5.41, 5.74) is 2.75. The summed E-state index contributed by atoms with van der Waals surface area (Å²) in [7, 11) is 1.59. The molecule has 29 heavy (non-hydrogen) atoms. The molecule has 0 atom stereocenters. The van der Waals surface area contributed by atoms with E-state index in [1.54, 1.807) is 7.11 Å². The molecule has 0 saturated carbocycles. The van der Waals surface area contributed by atoms with Gasteiger partial charge in [0.2, 0.25) is 6.79 Å². The molecule has 3 aromatic carbocycles. The highest BCUT2D eigenvalue weighted by molar-refractivity contribution is 6.32. The molecule has 1 aliphatic rings. The first-order chi connectivity index (χ1) is 14.1. The monoisotopic (exact) mass is 431 g/mol. The molecule has 150 valence electrons. The summed E-state index contributed by atoms with van der Waals surface area (Å²) in [6.45, 7) is 1.10. The molecule has 0 fully saturated rings. The molecule has 0 unspecified atom stereocenters. The Morgan fingerprint density at radius 3 is 2.62 bits per heavy atom. The third-order valence-corrected chi connectivity index (χ3v) is 5.14. The van der Waals surface area contributed by atoms with Crippen LogP contribution < -0.4 is 24.3 Å². The number of ether oxygens (including phenoxy) is 4. The fourth-order valence-electron chi connectivity index (χ4n) is 2.99. The van der Waals surface area contributed by atoms with Crippen molar-refractivity contribution in [3.05, 3.63) is 75.8 Å². The Morgan fingerprint density at radius 2 is 1.79 bits per heavy atom. The standard InChI is InChI=1S/C22H19Cl2NO4/c1-26-21-9-14(11-25-16-6-7-19-20(10-16)29-13-28-19)8-18(24)22(21)27-12-15-4-2-3-5-17(15)23/h2-10,25H,11-13H2,1H3. The third kappa shape index (κ3) is 4.47. The maximum Gasteiger partial charge on any atom is 0.231 e. The predicted octanol–water partition coefficient (Wildman–Crippen LogP) is 5.92. The number of benzene rings is 3. The molecule has 5 nitrogen and oxygen atoms in total. The van der Waals surface area contributed by atoms with Crippen LogP contribution in [-0.4, -0.2) is 13.9 Å². The molecule has 0 spiro atoms. The molecular formula is C22H19Cl2NO4. The van der Waals surface area contributed by atoms with Crippen molar-refractivity contribution in [1.82, 2.24) is 0 Å². The van der Waals surface area contributed by atoms with Crippen molar-refractivity contribution < 1.29 is 18.9 Å². The first-order valence-electron chi connectivity index (χ1n) is 9.00. The van der Waals surface area contributed by atoms with Gasteiger partial charge in [0.25, 0.3) is 0 Å². The van der Waals surface area contributed by atoms with Crippen molar-refractivity contribution in [3.8, 4) is 23.0 Å². The van der Waals surface area contributed by atoms with E-state index in [1.165, 1.54) is 0 Å². The number of rotatable bonds is 7. The maximum atomic E-state index is 6.48. The van der Waals surface area contributed by atoms with Crippen LogP contribution in [0.2, 0.25) is 10.0 Å². The van der Waals surface area contributed by atoms with E-state index >= 15 is 0 Å². The third-order valence-electron chi connectivity index (χ3n) is 4.49. The minimum atomic E-state index is 0.251. The van der Waals surface area contributed by atoms with E-state index in [2.05, 4.69) is 5.32 Å². The lowest BCUT2D eigenvalue weighted by Gasteiger charge is -2.15. The summed E-state index contributed by atoms with van der Waals surface area (Å²) >= 11 is 12.7. The van der Waals surface area contributed by atoms with Gasteiger partial charge in [-0.25, -0.2) is 0 Å². The molecule has 1 heterocycles. The van der Waals surface area contributed by atoms with Gasteiger partial charge in [-0.2, -0.15) is 0 Å². The number of hydrogen-bond donors (Lipinski definition) is 1. The Balaban J connectivity index is 1.46. The topological polar surface area (TPSA) is 49.0 Å². The van der Waals surface area contributed by atoms with Crippen LogP contribution in [0.4, 0.5) is 5.69 Å². The molecule has 3 aromatic rings. The SMILES string of the molecule is COc1cc(CNc2ccc3c(c2)OCO3)cc(Cl)c1OCc1ccccc1Cl. The normalized spacial score (nSPS) is 12.0. The number of anilines is 1. The van der Waals surface area contributed by atoms with Crippen LogP contribution in [0.5, 0.6) is 23.0 Å². The van der Waals surface area contributed by atoms with Gasteiger partial charge in [0, 0.05) is 28.9 Å². The quantitative estimate of drug-likeness (QED) is 0.502. The highest BCUT2D eigenvalue weighted by atomic mass is 35.5. The molecule has 0 radical (unpaired) electrons. The zero-order chi connectivity index (χ0) is 20.2. The summed E-state index contributed by atoms with van der Waals surface area (Å²) < 4.78 is 22.1. The molecule has 0 amide bonds. The average Bonchev–Trinajstić information content (AvgIpc) is 3.20. The van der Waals surface area contributed by atoms with Crippen molar-refractivity contribution >= 4 is 28.9 Å². The number of nitrogens with one attached hydrogen (secondary N) is 1. The summed E-state index contributed by atoms with van der Waals surface area (Å²) in [4.78, 5) is 0. The minimum absolute atomic E-state index is 0.251. The molecule has 0 aliphatic carbocycles. The highest BCUT2D eigenvalue weighted by Crippen LogP contribution is 2.38. The molecule has 0 bridgehead atoms. The smallest absolute Gasteiger partial charge is 0.231 e. The van der Waals surface area contributed by atoms with Crippen LogP contribution in [0.15, 0.2) is 54.6 Å². The van der Waals surface area contributed by atoms with Crippen LogP contribution in [0.25, 0.3) is 0 Å². The summed E-state index contributed by atoms with van der Waals surface area (Å²) in [5, 5.41) is 4.46. The summed E-state index contributed by atoms with van der Waals surface area (Å²) in [6.07, 6.45) is 0. The van der Waals surface area contributed by atoms with Gasteiger partial charge in [0.15, 0.2) is 23.0 Å². The van der Waals surface area contributed by atoms with Crippen LogP contribution in [0.1, 0.15) is 11.1 Å². The van der Waals surface area contributed by atoms with Crippen molar-refractivity contribution in [2.24, 2.45) is 0 Å². The van der Waals surface area contributed by atoms with Gasteiger partial charge in [0.1, 0.15) is 6.61 Å². The van der Waals surface area contributed by atoms with Gasteiger partial charge in [0.05, 0.1) is 12.1 Å². The summed E-state index contributed by atoms with van der Waals surface area (Å²) in [5.74, 6) is 2.53. The Kier molecular flexibility index (Phi) is 5.88. The molecular weight excluding hydrogens is 413 g/mol. The van der Waals surface area contributed by atoms with Gasteiger partial charge >= 0.3 is 0 Å². The van der Waals surface area contributed by atoms with Gasteiger partial charge in [-0.1, -0.05) is 41.4 Å². The van der Waals surface area contributed by atoms with Gasteiger partial charge in [-0.3, -0.25) is 0 Å². The first-order valence-corrected chi connectivity index (χ1v) is 9.76. The minimum Gasteiger partial charge on any atom is -0.493 e. The Labute approximate surface area is 179 Å². The average molecular weight is 432 g/mol. The van der Waals surface area contributed by atoms with E-state index in [4.69, 9.17) is 42.1 Å². The lowest BCUT2D eigenvalue weighted by Crippen LogP contribution is -2.03. The van der Waals surface area contributed by atoms with Crippen molar-refractivity contribution in [1.29, 1.82) is 0 Å². The van der Waals surface area contributed by atoms with E-state index in [-0.39, 0.29) is 6.79 Å². The second kappa shape index (κ2) is 8.72. The van der Waals surface area contributed by atoms with Gasteiger partial charge in [-0.05, 0) is 35.9 Å². The van der Waals surface area contributed by atoms with Crippen molar-refractivity contribution in [2.75, 3.05) is 19.2 Å². The molecule has 0 saturated heterocycles. The Morgan fingerprint density at radius 1 is 0.966 bits per heavy atom. The molecule has 0 aromatic heterocycles. The molecule has 1 aliphatic heterocycles. The van der Waals surface area contributed by atoms with Crippen LogP contribution in [0, 0.1) is 0 Å². The van der Waals surface area contributed by atoms with Crippen LogP contribution in [0.3, 0.4) is 0 Å². The van der Waals surface area contributed by atoms with Crippen molar-refractivity contribution in [2.45, 2.75) is 13.2 Å². The predicted molar refractivity (Wildman–Crippen MR) is 114 cm³/mol.